The highest BCUT2D eigenvalue weighted by atomic mass is 16.6. The third-order valence-electron chi connectivity index (χ3n) is 4.50. The number of non-ortho nitro benzene ring substituents is 1. The Labute approximate surface area is 130 Å². The van der Waals surface area contributed by atoms with Crippen LogP contribution < -0.4 is 0 Å². The van der Waals surface area contributed by atoms with E-state index in [2.05, 4.69) is 4.90 Å². The fourth-order valence-electron chi connectivity index (χ4n) is 3.23. The van der Waals surface area contributed by atoms with Crippen LogP contribution in [0.15, 0.2) is 24.3 Å². The molecule has 1 amide bonds. The average molecular weight is 305 g/mol. The fraction of sp³-hybridized carbons (Fsp3) is 0.562. The van der Waals surface area contributed by atoms with E-state index < -0.39 is 4.92 Å². The maximum absolute atomic E-state index is 12.6. The van der Waals surface area contributed by atoms with Crippen molar-refractivity contribution in [2.45, 2.75) is 37.8 Å². The third kappa shape index (κ3) is 3.44. The summed E-state index contributed by atoms with van der Waals surface area (Å²) < 4.78 is 0. The summed E-state index contributed by atoms with van der Waals surface area (Å²) in [5.74, 6) is -0.0753. The minimum Gasteiger partial charge on any atom is -0.337 e. The van der Waals surface area contributed by atoms with E-state index in [1.165, 1.54) is 30.7 Å². The van der Waals surface area contributed by atoms with Gasteiger partial charge in [0.2, 0.25) is 0 Å². The minimum absolute atomic E-state index is 0.00281. The average Bonchev–Trinajstić information content (AvgIpc) is 2.53. The van der Waals surface area contributed by atoms with Gasteiger partial charge in [0, 0.05) is 36.8 Å². The van der Waals surface area contributed by atoms with Crippen molar-refractivity contribution in [1.29, 1.82) is 0 Å². The van der Waals surface area contributed by atoms with Crippen molar-refractivity contribution < 1.29 is 9.72 Å². The molecule has 0 aliphatic heterocycles. The second-order valence-electron chi connectivity index (χ2n) is 6.10. The summed E-state index contributed by atoms with van der Waals surface area (Å²) in [5.41, 5.74) is 0.499. The van der Waals surface area contributed by atoms with Crippen molar-refractivity contribution in [3.05, 3.63) is 39.9 Å². The number of nitro groups is 1. The summed E-state index contributed by atoms with van der Waals surface area (Å²) in [5, 5.41) is 10.7. The maximum atomic E-state index is 12.6. The van der Waals surface area contributed by atoms with Crippen LogP contribution in [0.2, 0.25) is 0 Å². The van der Waals surface area contributed by atoms with Crippen molar-refractivity contribution in [2.75, 3.05) is 21.1 Å². The molecule has 0 N–H and O–H groups in total. The summed E-state index contributed by atoms with van der Waals surface area (Å²) in [4.78, 5) is 26.8. The number of nitrogens with zero attached hydrogens (tertiary/aromatic N) is 3. The molecule has 1 saturated carbocycles. The Hall–Kier alpha value is -1.95. The van der Waals surface area contributed by atoms with Gasteiger partial charge in [0.05, 0.1) is 4.92 Å². The Morgan fingerprint density at radius 2 is 1.64 bits per heavy atom. The lowest BCUT2D eigenvalue weighted by atomic mass is 9.88. The van der Waals surface area contributed by atoms with E-state index in [1.54, 1.807) is 4.90 Å². The molecule has 1 aliphatic carbocycles. The molecule has 2 rings (SSSR count). The van der Waals surface area contributed by atoms with Gasteiger partial charge in [0.15, 0.2) is 0 Å². The van der Waals surface area contributed by atoms with Gasteiger partial charge in [-0.3, -0.25) is 14.9 Å². The number of likely N-dealkylation sites (N-methyl/N-ethyl adjacent to an activating group) is 2. The van der Waals surface area contributed by atoms with E-state index in [-0.39, 0.29) is 17.6 Å². The number of carbonyl (C=O) groups is 1. The zero-order chi connectivity index (χ0) is 16.3. The summed E-state index contributed by atoms with van der Waals surface area (Å²) in [6, 6.07) is 6.37. The molecule has 0 spiro atoms. The topological polar surface area (TPSA) is 66.7 Å². The number of nitro benzene ring substituents is 1. The second-order valence-corrected chi connectivity index (χ2v) is 6.10. The summed E-state index contributed by atoms with van der Waals surface area (Å²) in [6.07, 6.45) is 4.42. The van der Waals surface area contributed by atoms with Gasteiger partial charge >= 0.3 is 0 Å². The first kappa shape index (κ1) is 16.4. The molecule has 1 aromatic rings. The standard InChI is InChI=1S/C16H23N3O3/c1-17(2)14-6-4-5-7-15(14)18(3)16(20)12-8-10-13(11-9-12)19(21)22/h8-11,14-15H,4-7H2,1-3H3/t14-,15?/m1/s1. The quantitative estimate of drug-likeness (QED) is 0.633. The lowest BCUT2D eigenvalue weighted by molar-refractivity contribution is -0.384. The van der Waals surface area contributed by atoms with E-state index in [9.17, 15) is 14.9 Å². The van der Waals surface area contributed by atoms with Crippen LogP contribution in [-0.4, -0.2) is 53.9 Å². The smallest absolute Gasteiger partial charge is 0.269 e. The van der Waals surface area contributed by atoms with Gasteiger partial charge in [-0.1, -0.05) is 12.8 Å². The Morgan fingerprint density at radius 3 is 2.14 bits per heavy atom. The Bertz CT molecular complexity index is 542. The number of amides is 1. The van der Waals surface area contributed by atoms with Crippen LogP contribution in [0, 0.1) is 10.1 Å². The molecule has 0 aromatic heterocycles. The van der Waals surface area contributed by atoms with Crippen LogP contribution in [0.25, 0.3) is 0 Å². The molecule has 0 saturated heterocycles. The highest BCUT2D eigenvalue weighted by Crippen LogP contribution is 2.26. The molecule has 1 aromatic carbocycles. The van der Waals surface area contributed by atoms with E-state index in [1.807, 2.05) is 21.1 Å². The summed E-state index contributed by atoms with van der Waals surface area (Å²) in [6.45, 7) is 0. The van der Waals surface area contributed by atoms with Crippen molar-refractivity contribution in [2.24, 2.45) is 0 Å². The summed E-state index contributed by atoms with van der Waals surface area (Å²) in [7, 11) is 5.93. The van der Waals surface area contributed by atoms with Gasteiger partial charge in [-0.25, -0.2) is 0 Å². The summed E-state index contributed by atoms with van der Waals surface area (Å²) >= 11 is 0. The molecule has 6 nitrogen and oxygen atoms in total. The second kappa shape index (κ2) is 6.87. The number of hydrogen-bond acceptors (Lipinski definition) is 4. The van der Waals surface area contributed by atoms with Gasteiger partial charge in [-0.05, 0) is 39.1 Å². The highest BCUT2D eigenvalue weighted by molar-refractivity contribution is 5.94. The Kier molecular flexibility index (Phi) is 5.13. The molecular weight excluding hydrogens is 282 g/mol. The normalized spacial score (nSPS) is 21.6. The van der Waals surface area contributed by atoms with Gasteiger partial charge in [0.1, 0.15) is 0 Å². The molecule has 22 heavy (non-hydrogen) atoms. The molecule has 1 unspecified atom stereocenters. The maximum Gasteiger partial charge on any atom is 0.269 e. The Morgan fingerprint density at radius 1 is 1.09 bits per heavy atom. The first-order valence-corrected chi connectivity index (χ1v) is 7.60. The van der Waals surface area contributed by atoms with Crippen LogP contribution in [0.5, 0.6) is 0 Å². The first-order valence-electron chi connectivity index (χ1n) is 7.60. The van der Waals surface area contributed by atoms with Crippen LogP contribution in [0.1, 0.15) is 36.0 Å². The van der Waals surface area contributed by atoms with Gasteiger partial charge in [-0.15, -0.1) is 0 Å². The highest BCUT2D eigenvalue weighted by Gasteiger charge is 2.32. The molecule has 2 atom stereocenters. The van der Waals surface area contributed by atoms with Crippen LogP contribution in [0.3, 0.4) is 0 Å². The minimum atomic E-state index is -0.457. The van der Waals surface area contributed by atoms with E-state index in [0.717, 1.165) is 19.3 Å². The number of carbonyl (C=O) groups excluding carboxylic acids is 1. The molecule has 120 valence electrons. The zero-order valence-electron chi connectivity index (χ0n) is 13.4. The van der Waals surface area contributed by atoms with Crippen molar-refractivity contribution in [1.82, 2.24) is 9.80 Å². The molecular formula is C16H23N3O3. The van der Waals surface area contributed by atoms with Crippen molar-refractivity contribution in [3.8, 4) is 0 Å². The number of hydrogen-bond donors (Lipinski definition) is 0. The predicted molar refractivity (Wildman–Crippen MR) is 84.9 cm³/mol. The first-order chi connectivity index (χ1) is 10.4. The molecule has 6 heteroatoms. The lowest BCUT2D eigenvalue weighted by Crippen LogP contribution is -2.51. The molecule has 1 fully saturated rings. The van der Waals surface area contributed by atoms with Crippen molar-refractivity contribution in [3.63, 3.8) is 0 Å². The van der Waals surface area contributed by atoms with Gasteiger partial charge in [0.25, 0.3) is 11.6 Å². The fourth-order valence-corrected chi connectivity index (χ4v) is 3.23. The van der Waals surface area contributed by atoms with Gasteiger partial charge in [-0.2, -0.15) is 0 Å². The molecule has 0 heterocycles. The SMILES string of the molecule is CN(C(=O)c1ccc([N+](=O)[O-])cc1)C1CCCC[C@H]1N(C)C. The molecule has 0 bridgehead atoms. The zero-order valence-corrected chi connectivity index (χ0v) is 13.4. The Balaban J connectivity index is 2.15. The molecule has 0 radical (unpaired) electrons. The van der Waals surface area contributed by atoms with Crippen LogP contribution in [-0.2, 0) is 0 Å². The van der Waals surface area contributed by atoms with Crippen LogP contribution in [0.4, 0.5) is 5.69 Å². The lowest BCUT2D eigenvalue weighted by Gasteiger charge is -2.41. The number of benzene rings is 1. The van der Waals surface area contributed by atoms with Gasteiger partial charge < -0.3 is 9.80 Å². The largest absolute Gasteiger partial charge is 0.337 e. The van der Waals surface area contributed by atoms with E-state index in [4.69, 9.17) is 0 Å². The number of rotatable bonds is 4. The van der Waals surface area contributed by atoms with Crippen molar-refractivity contribution >= 4 is 11.6 Å². The van der Waals surface area contributed by atoms with E-state index >= 15 is 0 Å². The molecule has 1 aliphatic rings. The van der Waals surface area contributed by atoms with Crippen LogP contribution >= 0.6 is 0 Å². The predicted octanol–water partition coefficient (Wildman–Crippen LogP) is 2.54. The van der Waals surface area contributed by atoms with E-state index in [0.29, 0.717) is 11.6 Å². The monoisotopic (exact) mass is 305 g/mol. The third-order valence-corrected chi connectivity index (χ3v) is 4.50.